The quantitative estimate of drug-likeness (QED) is 0.896. The van der Waals surface area contributed by atoms with Crippen LogP contribution in [0.5, 0.6) is 0 Å². The Kier molecular flexibility index (Phi) is 3.21. The number of amides is 1. The molecule has 0 aromatic carbocycles. The highest BCUT2D eigenvalue weighted by Crippen LogP contribution is 2.24. The first kappa shape index (κ1) is 11.7. The number of rotatable bonds is 3. The third-order valence-electron chi connectivity index (χ3n) is 1.97. The topological polar surface area (TPSA) is 79.3 Å². The number of thiazole rings is 1. The molecule has 0 fully saturated rings. The molecular formula is C10H8N2O3S2. The molecule has 2 heterocycles. The molecule has 0 radical (unpaired) electrons. The van der Waals surface area contributed by atoms with E-state index in [4.69, 9.17) is 5.11 Å². The maximum atomic E-state index is 11.8. The fourth-order valence-electron chi connectivity index (χ4n) is 1.21. The fourth-order valence-corrected chi connectivity index (χ4v) is 2.65. The maximum absolute atomic E-state index is 11.8. The van der Waals surface area contributed by atoms with Crippen LogP contribution in [0, 0.1) is 6.92 Å². The van der Waals surface area contributed by atoms with Crippen molar-refractivity contribution in [2.45, 2.75) is 6.92 Å². The van der Waals surface area contributed by atoms with Crippen molar-refractivity contribution >= 4 is 39.6 Å². The summed E-state index contributed by atoms with van der Waals surface area (Å²) in [4.78, 5) is 27.1. The SMILES string of the molecule is Cc1ncc(C(=O)Nc2sccc2C(=O)O)s1. The van der Waals surface area contributed by atoms with E-state index >= 15 is 0 Å². The lowest BCUT2D eigenvalue weighted by Gasteiger charge is -2.01. The van der Waals surface area contributed by atoms with Crippen LogP contribution in [0.1, 0.15) is 25.0 Å². The summed E-state index contributed by atoms with van der Waals surface area (Å²) in [7, 11) is 0. The molecule has 0 aliphatic rings. The van der Waals surface area contributed by atoms with Crippen LogP contribution >= 0.6 is 22.7 Å². The first-order valence-electron chi connectivity index (χ1n) is 4.62. The molecule has 0 saturated carbocycles. The Bertz CT molecular complexity index is 574. The standard InChI is InChI=1S/C10H8N2O3S2/c1-5-11-4-7(17-5)8(13)12-9-6(10(14)15)2-3-16-9/h2-4H,1H3,(H,12,13)(H,14,15). The zero-order valence-electron chi connectivity index (χ0n) is 8.76. The molecule has 0 bridgehead atoms. The van der Waals surface area contributed by atoms with Crippen molar-refractivity contribution in [3.63, 3.8) is 0 Å². The van der Waals surface area contributed by atoms with E-state index in [1.807, 2.05) is 0 Å². The number of hydrogen-bond acceptors (Lipinski definition) is 5. The van der Waals surface area contributed by atoms with Crippen LogP contribution in [-0.4, -0.2) is 22.0 Å². The van der Waals surface area contributed by atoms with Crippen molar-refractivity contribution < 1.29 is 14.7 Å². The van der Waals surface area contributed by atoms with Gasteiger partial charge in [0.2, 0.25) is 0 Å². The second kappa shape index (κ2) is 4.64. The highest BCUT2D eigenvalue weighted by Gasteiger charge is 2.16. The summed E-state index contributed by atoms with van der Waals surface area (Å²) in [6.07, 6.45) is 1.48. The Hall–Kier alpha value is -1.73. The van der Waals surface area contributed by atoms with Crippen molar-refractivity contribution in [3.05, 3.63) is 33.1 Å². The summed E-state index contributed by atoms with van der Waals surface area (Å²) < 4.78 is 0. The van der Waals surface area contributed by atoms with E-state index in [-0.39, 0.29) is 11.5 Å². The fraction of sp³-hybridized carbons (Fsp3) is 0.100. The van der Waals surface area contributed by atoms with Gasteiger partial charge < -0.3 is 10.4 Å². The molecule has 0 atom stereocenters. The lowest BCUT2D eigenvalue weighted by Crippen LogP contribution is -2.11. The highest BCUT2D eigenvalue weighted by atomic mass is 32.1. The van der Waals surface area contributed by atoms with Crippen molar-refractivity contribution in [2.75, 3.05) is 5.32 Å². The van der Waals surface area contributed by atoms with Gasteiger partial charge >= 0.3 is 5.97 Å². The Morgan fingerprint density at radius 2 is 2.24 bits per heavy atom. The number of carbonyl (C=O) groups excluding carboxylic acids is 1. The normalized spacial score (nSPS) is 10.2. The van der Waals surface area contributed by atoms with Gasteiger partial charge in [-0.1, -0.05) is 0 Å². The molecule has 0 aliphatic heterocycles. The van der Waals surface area contributed by atoms with E-state index in [1.165, 1.54) is 34.9 Å². The Morgan fingerprint density at radius 1 is 1.47 bits per heavy atom. The number of hydrogen-bond donors (Lipinski definition) is 2. The number of anilines is 1. The van der Waals surface area contributed by atoms with Gasteiger partial charge in [0.1, 0.15) is 9.88 Å². The van der Waals surface area contributed by atoms with Crippen molar-refractivity contribution in [3.8, 4) is 0 Å². The van der Waals surface area contributed by atoms with Crippen LogP contribution in [0.2, 0.25) is 0 Å². The third-order valence-corrected chi connectivity index (χ3v) is 3.71. The average molecular weight is 268 g/mol. The number of aromatic nitrogens is 1. The number of aryl methyl sites for hydroxylation is 1. The Morgan fingerprint density at radius 3 is 2.82 bits per heavy atom. The number of carboxylic acid groups (broad SMARTS) is 1. The lowest BCUT2D eigenvalue weighted by atomic mass is 10.3. The number of thiophene rings is 1. The molecule has 2 N–H and O–H groups in total. The number of nitrogens with zero attached hydrogens (tertiary/aromatic N) is 1. The Balaban J connectivity index is 2.18. The highest BCUT2D eigenvalue weighted by molar-refractivity contribution is 7.15. The van der Waals surface area contributed by atoms with Crippen molar-refractivity contribution in [2.24, 2.45) is 0 Å². The molecule has 5 nitrogen and oxygen atoms in total. The van der Waals surface area contributed by atoms with Crippen LogP contribution in [0.25, 0.3) is 0 Å². The monoisotopic (exact) mass is 268 g/mol. The number of nitrogens with one attached hydrogen (secondary N) is 1. The zero-order valence-corrected chi connectivity index (χ0v) is 10.4. The molecule has 17 heavy (non-hydrogen) atoms. The zero-order chi connectivity index (χ0) is 12.4. The van der Waals surface area contributed by atoms with Gasteiger partial charge in [-0.3, -0.25) is 4.79 Å². The summed E-state index contributed by atoms with van der Waals surface area (Å²) in [6.45, 7) is 1.80. The summed E-state index contributed by atoms with van der Waals surface area (Å²) in [5.41, 5.74) is 0.101. The number of carboxylic acids is 1. The van der Waals surface area contributed by atoms with Gasteiger partial charge in [-0.2, -0.15) is 0 Å². The lowest BCUT2D eigenvalue weighted by molar-refractivity contribution is 0.0698. The first-order valence-corrected chi connectivity index (χ1v) is 6.32. The summed E-state index contributed by atoms with van der Waals surface area (Å²) in [5, 5.41) is 14.2. The van der Waals surface area contributed by atoms with Crippen LogP contribution in [0.3, 0.4) is 0 Å². The van der Waals surface area contributed by atoms with E-state index in [9.17, 15) is 9.59 Å². The van der Waals surface area contributed by atoms with Gasteiger partial charge in [-0.15, -0.1) is 22.7 Å². The van der Waals surface area contributed by atoms with Crippen LogP contribution in [0.15, 0.2) is 17.6 Å². The van der Waals surface area contributed by atoms with Gasteiger partial charge in [0, 0.05) is 0 Å². The van der Waals surface area contributed by atoms with Crippen LogP contribution in [-0.2, 0) is 0 Å². The van der Waals surface area contributed by atoms with Crippen molar-refractivity contribution in [1.29, 1.82) is 0 Å². The maximum Gasteiger partial charge on any atom is 0.338 e. The summed E-state index contributed by atoms with van der Waals surface area (Å²) in [5.74, 6) is -1.39. The molecule has 2 aromatic rings. The predicted octanol–water partition coefficient (Wildman–Crippen LogP) is 2.46. The molecule has 0 aliphatic carbocycles. The van der Waals surface area contributed by atoms with Gasteiger partial charge in [-0.05, 0) is 18.4 Å². The van der Waals surface area contributed by atoms with E-state index in [1.54, 1.807) is 12.3 Å². The number of aromatic carboxylic acids is 1. The second-order valence-electron chi connectivity index (χ2n) is 3.17. The predicted molar refractivity (Wildman–Crippen MR) is 66.1 cm³/mol. The molecule has 2 rings (SSSR count). The minimum atomic E-state index is -1.05. The van der Waals surface area contributed by atoms with E-state index in [0.29, 0.717) is 9.88 Å². The van der Waals surface area contributed by atoms with Gasteiger partial charge in [-0.25, -0.2) is 9.78 Å². The second-order valence-corrected chi connectivity index (χ2v) is 5.32. The minimum Gasteiger partial charge on any atom is -0.478 e. The van der Waals surface area contributed by atoms with Gasteiger partial charge in [0.05, 0.1) is 16.8 Å². The molecule has 7 heteroatoms. The van der Waals surface area contributed by atoms with E-state index < -0.39 is 5.97 Å². The van der Waals surface area contributed by atoms with E-state index in [0.717, 1.165) is 5.01 Å². The first-order chi connectivity index (χ1) is 8.08. The van der Waals surface area contributed by atoms with Gasteiger partial charge in [0.25, 0.3) is 5.91 Å². The number of carbonyl (C=O) groups is 2. The molecule has 88 valence electrons. The molecule has 2 aromatic heterocycles. The molecule has 0 unspecified atom stereocenters. The summed E-state index contributed by atoms with van der Waals surface area (Å²) >= 11 is 2.45. The molecule has 0 spiro atoms. The largest absolute Gasteiger partial charge is 0.478 e. The minimum absolute atomic E-state index is 0.101. The molecule has 0 saturated heterocycles. The van der Waals surface area contributed by atoms with E-state index in [2.05, 4.69) is 10.3 Å². The molecular weight excluding hydrogens is 260 g/mol. The third kappa shape index (κ3) is 2.51. The van der Waals surface area contributed by atoms with Crippen LogP contribution in [0.4, 0.5) is 5.00 Å². The smallest absolute Gasteiger partial charge is 0.338 e. The van der Waals surface area contributed by atoms with Crippen molar-refractivity contribution in [1.82, 2.24) is 4.98 Å². The van der Waals surface area contributed by atoms with Crippen LogP contribution < -0.4 is 5.32 Å². The van der Waals surface area contributed by atoms with Gasteiger partial charge in [0.15, 0.2) is 0 Å². The summed E-state index contributed by atoms with van der Waals surface area (Å²) in [6, 6.07) is 1.46. The average Bonchev–Trinajstić information content (AvgIpc) is 2.86. The Labute approximate surface area is 105 Å². The molecule has 1 amide bonds.